The predicted octanol–water partition coefficient (Wildman–Crippen LogP) is 2.78. The maximum absolute atomic E-state index is 14.2. The van der Waals surface area contributed by atoms with Crippen molar-refractivity contribution in [3.8, 4) is 0 Å². The molecule has 0 aromatic heterocycles. The minimum absolute atomic E-state index is 0.150. The van der Waals surface area contributed by atoms with Crippen molar-refractivity contribution in [1.29, 1.82) is 0 Å². The molecule has 200 valence electrons. The van der Waals surface area contributed by atoms with Crippen LogP contribution in [0.15, 0.2) is 11.6 Å². The number of ketones is 1. The molecule has 0 aromatic carbocycles. The Kier molecular flexibility index (Phi) is 6.44. The van der Waals surface area contributed by atoms with Gasteiger partial charge >= 0.3 is 17.9 Å². The van der Waals surface area contributed by atoms with Gasteiger partial charge in [-0.05, 0) is 36.3 Å². The van der Waals surface area contributed by atoms with Crippen molar-refractivity contribution in [3.63, 3.8) is 0 Å². The van der Waals surface area contributed by atoms with Gasteiger partial charge in [0.2, 0.25) is 0 Å². The van der Waals surface area contributed by atoms with E-state index in [9.17, 15) is 19.2 Å². The van der Waals surface area contributed by atoms with Crippen LogP contribution < -0.4 is 0 Å². The third kappa shape index (κ3) is 3.81. The zero-order chi connectivity index (χ0) is 27.0. The Labute approximate surface area is 212 Å². The van der Waals surface area contributed by atoms with Crippen LogP contribution >= 0.6 is 0 Å². The number of Topliss-reactive ketones (excluding diaryl/α,β-unsaturated/α-hetero) is 1. The molecule has 0 radical (unpaired) electrons. The van der Waals surface area contributed by atoms with E-state index in [2.05, 4.69) is 0 Å². The van der Waals surface area contributed by atoms with E-state index in [1.54, 1.807) is 20.1 Å². The number of fused-ring (bicyclic) bond motifs is 1. The topological polar surface area (TPSA) is 118 Å². The molecule has 1 saturated heterocycles. The second-order valence-electron chi connectivity index (χ2n) is 11.7. The van der Waals surface area contributed by atoms with Crippen LogP contribution in [0.2, 0.25) is 0 Å². The Morgan fingerprint density at radius 1 is 0.944 bits per heavy atom. The molecule has 9 nitrogen and oxygen atoms in total. The summed E-state index contributed by atoms with van der Waals surface area (Å²) < 4.78 is 29.6. The van der Waals surface area contributed by atoms with Gasteiger partial charge in [-0.3, -0.25) is 19.2 Å². The molecule has 4 aliphatic rings. The van der Waals surface area contributed by atoms with E-state index >= 15 is 0 Å². The molecule has 9 heteroatoms. The van der Waals surface area contributed by atoms with Crippen LogP contribution in [-0.4, -0.2) is 66.4 Å². The average molecular weight is 507 g/mol. The number of carbonyl (C=O) groups excluding carboxylic acids is 4. The number of epoxide rings is 1. The van der Waals surface area contributed by atoms with Crippen LogP contribution in [0.25, 0.3) is 0 Å². The van der Waals surface area contributed by atoms with E-state index in [1.807, 2.05) is 27.7 Å². The highest BCUT2D eigenvalue weighted by Crippen LogP contribution is 2.68. The molecular formula is C27H38O9. The fourth-order valence-corrected chi connectivity index (χ4v) is 7.33. The van der Waals surface area contributed by atoms with Crippen molar-refractivity contribution >= 4 is 23.7 Å². The van der Waals surface area contributed by atoms with Gasteiger partial charge in [-0.1, -0.05) is 27.7 Å². The summed E-state index contributed by atoms with van der Waals surface area (Å²) in [6.07, 6.45) is -0.589. The molecular weight excluding hydrogens is 468 g/mol. The SMILES string of the molecule is CO[C@@H]1[C@H]2[C@@H]([C@H](OC(C)=O)C(C)C(=O)[C@@]34CC(C)[C@H](OC(C)=O)[C@]3(/C=C(\C)[C@H]1OC(C)=O)O4)C2(C)C. The number of rotatable bonds is 4. The first-order valence-corrected chi connectivity index (χ1v) is 12.6. The van der Waals surface area contributed by atoms with Gasteiger partial charge in [-0.25, -0.2) is 0 Å². The molecule has 3 aliphatic carbocycles. The van der Waals surface area contributed by atoms with E-state index in [0.29, 0.717) is 12.0 Å². The highest BCUT2D eigenvalue weighted by molar-refractivity contribution is 5.96. The van der Waals surface area contributed by atoms with Gasteiger partial charge in [0.05, 0.1) is 5.92 Å². The van der Waals surface area contributed by atoms with Gasteiger partial charge in [0, 0.05) is 39.7 Å². The standard InChI is InChI=1S/C27H38O9/c1-12-10-27-24(35-17(6)30)13(2)11-26(27,36-27)23(31)14(3)21(34-16(5)29)18-19(25(18,7)8)22(32-9)20(12)33-15(4)28/h10,13-14,18-22,24H,11H2,1-9H3/b12-10+/t13?,14?,18-,19+,20+,21+,22+,24-,26-,27-/m0/s1. The van der Waals surface area contributed by atoms with Crippen molar-refractivity contribution in [2.45, 2.75) is 97.4 Å². The fraction of sp³-hybridized carbons (Fsp3) is 0.778. The number of hydrogen-bond acceptors (Lipinski definition) is 9. The molecule has 3 fully saturated rings. The molecule has 0 bridgehead atoms. The normalized spacial score (nSPS) is 46.0. The van der Waals surface area contributed by atoms with Crippen LogP contribution in [0, 0.1) is 29.1 Å². The Morgan fingerprint density at radius 3 is 2.03 bits per heavy atom. The summed E-state index contributed by atoms with van der Waals surface area (Å²) in [6.45, 7) is 13.6. The molecule has 2 unspecified atom stereocenters. The van der Waals surface area contributed by atoms with Crippen LogP contribution in [-0.2, 0) is 42.9 Å². The summed E-state index contributed by atoms with van der Waals surface area (Å²) in [6, 6.07) is 0. The van der Waals surface area contributed by atoms with Crippen molar-refractivity contribution in [1.82, 2.24) is 0 Å². The maximum atomic E-state index is 14.2. The zero-order valence-electron chi connectivity index (χ0n) is 22.6. The first kappa shape index (κ1) is 26.8. The summed E-state index contributed by atoms with van der Waals surface area (Å²) in [5.41, 5.74) is -2.13. The number of carbonyl (C=O) groups is 4. The molecule has 2 saturated carbocycles. The lowest BCUT2D eigenvalue weighted by molar-refractivity contribution is -0.155. The Morgan fingerprint density at radius 2 is 1.50 bits per heavy atom. The van der Waals surface area contributed by atoms with Crippen LogP contribution in [0.4, 0.5) is 0 Å². The predicted molar refractivity (Wildman–Crippen MR) is 126 cm³/mol. The van der Waals surface area contributed by atoms with E-state index < -0.39 is 59.4 Å². The lowest BCUT2D eigenvalue weighted by Gasteiger charge is -2.30. The molecule has 36 heavy (non-hydrogen) atoms. The van der Waals surface area contributed by atoms with Crippen LogP contribution in [0.5, 0.6) is 0 Å². The van der Waals surface area contributed by atoms with Gasteiger partial charge in [0.15, 0.2) is 17.0 Å². The number of ether oxygens (including phenoxy) is 5. The van der Waals surface area contributed by atoms with Gasteiger partial charge in [-0.2, -0.15) is 0 Å². The molecule has 0 N–H and O–H groups in total. The smallest absolute Gasteiger partial charge is 0.303 e. The Bertz CT molecular complexity index is 1010. The largest absolute Gasteiger partial charge is 0.461 e. The summed E-state index contributed by atoms with van der Waals surface area (Å²) in [7, 11) is 1.56. The second kappa shape index (κ2) is 8.65. The average Bonchev–Trinajstić information content (AvgIpc) is 3.54. The minimum Gasteiger partial charge on any atom is -0.461 e. The van der Waals surface area contributed by atoms with Crippen molar-refractivity contribution in [3.05, 3.63) is 11.6 Å². The summed E-state index contributed by atoms with van der Waals surface area (Å²) in [5, 5.41) is 0. The fourth-order valence-electron chi connectivity index (χ4n) is 7.33. The van der Waals surface area contributed by atoms with E-state index in [0.717, 1.165) is 0 Å². The number of hydrogen-bond donors (Lipinski definition) is 0. The van der Waals surface area contributed by atoms with E-state index in [1.165, 1.54) is 20.8 Å². The molecule has 1 aliphatic heterocycles. The summed E-state index contributed by atoms with van der Waals surface area (Å²) in [4.78, 5) is 50.5. The molecule has 1 heterocycles. The van der Waals surface area contributed by atoms with Gasteiger partial charge in [-0.15, -0.1) is 0 Å². The molecule has 0 amide bonds. The summed E-state index contributed by atoms with van der Waals surface area (Å²) in [5.74, 6) is -2.80. The van der Waals surface area contributed by atoms with Crippen molar-refractivity contribution in [2.75, 3.05) is 7.11 Å². The number of methoxy groups -OCH3 is 1. The monoisotopic (exact) mass is 506 g/mol. The van der Waals surface area contributed by atoms with Crippen molar-refractivity contribution in [2.24, 2.45) is 29.1 Å². The van der Waals surface area contributed by atoms with Gasteiger partial charge < -0.3 is 23.7 Å². The quantitative estimate of drug-likeness (QED) is 0.245. The first-order chi connectivity index (χ1) is 16.6. The zero-order valence-corrected chi connectivity index (χ0v) is 22.6. The molecule has 10 atom stereocenters. The van der Waals surface area contributed by atoms with E-state index in [-0.39, 0.29) is 29.0 Å². The lowest BCUT2D eigenvalue weighted by Crippen LogP contribution is -2.43. The van der Waals surface area contributed by atoms with E-state index in [4.69, 9.17) is 23.7 Å². The third-order valence-electron chi connectivity index (χ3n) is 8.84. The maximum Gasteiger partial charge on any atom is 0.303 e. The second-order valence-corrected chi connectivity index (χ2v) is 11.7. The Balaban J connectivity index is 1.91. The Hall–Kier alpha value is -2.26. The first-order valence-electron chi connectivity index (χ1n) is 12.6. The summed E-state index contributed by atoms with van der Waals surface area (Å²) >= 11 is 0. The molecule has 0 spiro atoms. The lowest BCUT2D eigenvalue weighted by atomic mass is 9.80. The van der Waals surface area contributed by atoms with Gasteiger partial charge in [0.1, 0.15) is 24.4 Å². The van der Waals surface area contributed by atoms with Crippen LogP contribution in [0.3, 0.4) is 0 Å². The molecule has 0 aromatic rings. The third-order valence-corrected chi connectivity index (χ3v) is 8.84. The van der Waals surface area contributed by atoms with Crippen molar-refractivity contribution < 1.29 is 42.9 Å². The highest BCUT2D eigenvalue weighted by Gasteiger charge is 2.84. The number of esters is 3. The minimum atomic E-state index is -1.23. The van der Waals surface area contributed by atoms with Crippen LogP contribution in [0.1, 0.15) is 61.8 Å². The highest BCUT2D eigenvalue weighted by atomic mass is 16.7. The molecule has 4 rings (SSSR count). The van der Waals surface area contributed by atoms with Gasteiger partial charge in [0.25, 0.3) is 0 Å².